The van der Waals surface area contributed by atoms with Gasteiger partial charge in [0.1, 0.15) is 11.6 Å². The molecule has 4 heteroatoms. The van der Waals surface area contributed by atoms with Gasteiger partial charge in [0.2, 0.25) is 0 Å². The predicted octanol–water partition coefficient (Wildman–Crippen LogP) is 16.4. The molecule has 62 heavy (non-hydrogen) atoms. The number of hydrogen-bond acceptors (Lipinski definition) is 2. The molecule has 0 aliphatic heterocycles. The smallest absolute Gasteiger partial charge is 0.123 e. The van der Waals surface area contributed by atoms with Gasteiger partial charge >= 0.3 is 0 Å². The highest BCUT2D eigenvalue weighted by molar-refractivity contribution is 6.31. The van der Waals surface area contributed by atoms with Crippen LogP contribution in [-0.4, -0.2) is 0 Å². The van der Waals surface area contributed by atoms with E-state index in [0.29, 0.717) is 0 Å². The average molecular weight is 805 g/mol. The average Bonchev–Trinajstić information content (AvgIpc) is 3.29. The van der Waals surface area contributed by atoms with E-state index in [9.17, 15) is 8.78 Å². The molecule has 12 rings (SSSR count). The van der Waals surface area contributed by atoms with E-state index in [1.807, 2.05) is 60.7 Å². The molecule has 2 aliphatic carbocycles. The van der Waals surface area contributed by atoms with Gasteiger partial charge in [0, 0.05) is 45.0 Å². The first-order chi connectivity index (χ1) is 30.1. The summed E-state index contributed by atoms with van der Waals surface area (Å²) in [5, 5.41) is 7.81. The lowest BCUT2D eigenvalue weighted by atomic mass is 9.65. The molecular weight excluding hydrogens is 763 g/mol. The number of halogens is 2. The molecule has 0 saturated heterocycles. The third-order valence-electron chi connectivity index (χ3n) is 13.9. The lowest BCUT2D eigenvalue weighted by Crippen LogP contribution is -2.25. The maximum absolute atomic E-state index is 14.2. The van der Waals surface area contributed by atoms with Crippen molar-refractivity contribution < 1.29 is 8.78 Å². The fourth-order valence-corrected chi connectivity index (χ4v) is 10.9. The Labute approximate surface area is 360 Å². The summed E-state index contributed by atoms with van der Waals surface area (Å²) in [6.07, 6.45) is 0. The number of benzene rings is 10. The summed E-state index contributed by atoms with van der Waals surface area (Å²) in [5.41, 5.74) is 15.5. The van der Waals surface area contributed by atoms with Gasteiger partial charge in [-0.15, -0.1) is 0 Å². The monoisotopic (exact) mass is 804 g/mol. The van der Waals surface area contributed by atoms with Gasteiger partial charge in [-0.1, -0.05) is 100 Å². The minimum absolute atomic E-state index is 0.253. The minimum Gasteiger partial charge on any atom is -0.310 e. The number of fused-ring (bicyclic) bond motifs is 4. The highest BCUT2D eigenvalue weighted by Crippen LogP contribution is 2.58. The molecule has 10 aromatic rings. The first kappa shape index (κ1) is 36.5. The molecule has 0 saturated carbocycles. The van der Waals surface area contributed by atoms with Crippen LogP contribution in [0.5, 0.6) is 0 Å². The fraction of sp³-hybridized carbons (Fsp3) is 0.103. The van der Waals surface area contributed by atoms with Crippen molar-refractivity contribution in [1.82, 2.24) is 0 Å². The molecule has 0 radical (unpaired) electrons. The van der Waals surface area contributed by atoms with Crippen molar-refractivity contribution in [2.24, 2.45) is 0 Å². The summed E-state index contributed by atoms with van der Waals surface area (Å²) in [7, 11) is 0. The summed E-state index contributed by atoms with van der Waals surface area (Å²) in [6, 6.07) is 62.2. The van der Waals surface area contributed by atoms with Crippen LogP contribution in [0, 0.1) is 11.6 Å². The number of anilines is 6. The molecule has 0 aromatic heterocycles. The molecule has 0 fully saturated rings. The Morgan fingerprint density at radius 1 is 0.306 bits per heavy atom. The second-order valence-electron chi connectivity index (χ2n) is 18.0. The zero-order valence-corrected chi connectivity index (χ0v) is 35.0. The van der Waals surface area contributed by atoms with E-state index in [1.54, 1.807) is 0 Å². The Balaban J connectivity index is 1.05. The van der Waals surface area contributed by atoms with Crippen molar-refractivity contribution in [1.29, 1.82) is 0 Å². The van der Waals surface area contributed by atoms with Crippen molar-refractivity contribution in [3.8, 4) is 22.3 Å². The van der Waals surface area contributed by atoms with Crippen LogP contribution in [0.4, 0.5) is 42.9 Å². The quantitative estimate of drug-likeness (QED) is 0.155. The molecular formula is C58H42F2N2. The summed E-state index contributed by atoms with van der Waals surface area (Å²) in [6.45, 7) is 9.43. The van der Waals surface area contributed by atoms with E-state index in [-0.39, 0.29) is 22.5 Å². The van der Waals surface area contributed by atoms with Gasteiger partial charge in [0.15, 0.2) is 0 Å². The largest absolute Gasteiger partial charge is 0.310 e. The third-order valence-corrected chi connectivity index (χ3v) is 13.9. The Bertz CT molecular complexity index is 3180. The molecule has 298 valence electrons. The van der Waals surface area contributed by atoms with Crippen LogP contribution in [0.15, 0.2) is 182 Å². The van der Waals surface area contributed by atoms with Gasteiger partial charge in [0.25, 0.3) is 0 Å². The van der Waals surface area contributed by atoms with E-state index in [1.165, 1.54) is 101 Å². The highest BCUT2D eigenvalue weighted by Gasteiger charge is 2.39. The second kappa shape index (κ2) is 13.1. The molecule has 0 amide bonds. The van der Waals surface area contributed by atoms with Gasteiger partial charge < -0.3 is 9.80 Å². The highest BCUT2D eigenvalue weighted by atomic mass is 19.1. The number of rotatable bonds is 6. The van der Waals surface area contributed by atoms with Crippen LogP contribution in [-0.2, 0) is 10.8 Å². The van der Waals surface area contributed by atoms with Crippen molar-refractivity contribution in [3.05, 3.63) is 216 Å². The number of nitrogens with zero attached hydrogens (tertiary/aromatic N) is 2. The summed E-state index contributed by atoms with van der Waals surface area (Å²) in [5.74, 6) is -0.506. The molecule has 0 atom stereocenters. The Morgan fingerprint density at radius 2 is 0.661 bits per heavy atom. The summed E-state index contributed by atoms with van der Waals surface area (Å²) >= 11 is 0. The van der Waals surface area contributed by atoms with Crippen LogP contribution in [0.2, 0.25) is 0 Å². The van der Waals surface area contributed by atoms with E-state index < -0.39 is 0 Å². The van der Waals surface area contributed by atoms with Gasteiger partial charge in [-0.25, -0.2) is 8.78 Å². The normalized spacial score (nSPS) is 14.2. The standard InChI is InChI=1S/C58H42F2N2/c1-57(2)49-29-15-35-32-48-46-28-26-44(62(40-13-9-6-10-14-40)42-23-19-38(60)20-24-42)34-52(46)58(3,4)50-30-16-36-31-47(55(49)53(35)54(36)56(48)50)45-27-25-43(33-51(45)57)61(39-11-7-5-8-12-39)41-21-17-37(59)18-22-41/h5-34H,1-4H3. The molecule has 10 aromatic carbocycles. The van der Waals surface area contributed by atoms with E-state index >= 15 is 0 Å². The predicted molar refractivity (Wildman–Crippen MR) is 255 cm³/mol. The maximum Gasteiger partial charge on any atom is 0.123 e. The molecule has 0 heterocycles. The summed E-state index contributed by atoms with van der Waals surface area (Å²) < 4.78 is 28.4. The van der Waals surface area contributed by atoms with Gasteiger partial charge in [-0.05, 0) is 186 Å². The van der Waals surface area contributed by atoms with E-state index in [2.05, 4.69) is 135 Å². The van der Waals surface area contributed by atoms with Gasteiger partial charge in [-0.3, -0.25) is 0 Å². The molecule has 0 spiro atoms. The third kappa shape index (κ3) is 5.19. The first-order valence-electron chi connectivity index (χ1n) is 21.4. The minimum atomic E-state index is -0.314. The van der Waals surface area contributed by atoms with Crippen molar-refractivity contribution in [2.75, 3.05) is 9.80 Å². The molecule has 2 nitrogen and oxygen atoms in total. The SMILES string of the molecule is CC1(C)c2cc(N(c3ccccc3)c3ccc(F)cc3)ccc2-c2cc3ccc4c5c(cc6ccc1c2c6c35)-c1ccc(N(c2ccccc2)c2ccc(F)cc2)cc1C4(C)C. The van der Waals surface area contributed by atoms with Crippen LogP contribution in [0.3, 0.4) is 0 Å². The van der Waals surface area contributed by atoms with Gasteiger partial charge in [-0.2, -0.15) is 0 Å². The van der Waals surface area contributed by atoms with Crippen molar-refractivity contribution in [2.45, 2.75) is 38.5 Å². The Hall–Kier alpha value is -7.30. The van der Waals surface area contributed by atoms with Crippen molar-refractivity contribution >= 4 is 66.4 Å². The van der Waals surface area contributed by atoms with E-state index in [0.717, 1.165) is 34.1 Å². The van der Waals surface area contributed by atoms with Gasteiger partial charge in [0.05, 0.1) is 0 Å². The Morgan fingerprint density at radius 3 is 1.05 bits per heavy atom. The van der Waals surface area contributed by atoms with Crippen LogP contribution >= 0.6 is 0 Å². The van der Waals surface area contributed by atoms with E-state index in [4.69, 9.17) is 0 Å². The van der Waals surface area contributed by atoms with Crippen LogP contribution in [0.1, 0.15) is 49.9 Å². The zero-order valence-electron chi connectivity index (χ0n) is 35.0. The second-order valence-corrected chi connectivity index (χ2v) is 18.0. The maximum atomic E-state index is 14.2. The lowest BCUT2D eigenvalue weighted by Gasteiger charge is -2.39. The summed E-state index contributed by atoms with van der Waals surface area (Å²) in [4.78, 5) is 4.43. The van der Waals surface area contributed by atoms with Crippen LogP contribution in [0.25, 0.3) is 54.6 Å². The molecule has 0 unspecified atom stereocenters. The molecule has 2 aliphatic rings. The van der Waals surface area contributed by atoms with Crippen LogP contribution < -0.4 is 9.80 Å². The first-order valence-corrected chi connectivity index (χ1v) is 21.4. The topological polar surface area (TPSA) is 6.48 Å². The number of para-hydroxylation sites is 2. The molecule has 0 N–H and O–H groups in total. The number of hydrogen-bond donors (Lipinski definition) is 0. The fourth-order valence-electron chi connectivity index (χ4n) is 10.9. The zero-order chi connectivity index (χ0) is 42.1. The lowest BCUT2D eigenvalue weighted by molar-refractivity contribution is 0.627. The Kier molecular flexibility index (Phi) is 7.72. The van der Waals surface area contributed by atoms with Crippen molar-refractivity contribution in [3.63, 3.8) is 0 Å². The molecule has 0 bridgehead atoms.